The van der Waals surface area contributed by atoms with Crippen molar-refractivity contribution in [2.24, 2.45) is 0 Å². The van der Waals surface area contributed by atoms with E-state index in [1.807, 2.05) is 20.1 Å². The fraction of sp³-hybridized carbons (Fsp3) is 0.478. The Balaban J connectivity index is 0.000000351. The molecule has 12 heteroatoms. The number of carbonyl (C=O) groups is 2. The van der Waals surface area contributed by atoms with Gasteiger partial charge < -0.3 is 20.5 Å². The monoisotopic (exact) mass is 526 g/mol. The van der Waals surface area contributed by atoms with Crippen LogP contribution in [0.15, 0.2) is 34.3 Å². The Bertz CT molecular complexity index is 1120. The van der Waals surface area contributed by atoms with Crippen LogP contribution in [0.5, 0.6) is 0 Å². The van der Waals surface area contributed by atoms with Gasteiger partial charge in [0.05, 0.1) is 23.3 Å². The zero-order chi connectivity index (χ0) is 26.8. The number of nitrogens with zero attached hydrogens (tertiary/aromatic N) is 2. The minimum atomic E-state index is -3.54. The van der Waals surface area contributed by atoms with Crippen LogP contribution in [-0.4, -0.2) is 67.1 Å². The van der Waals surface area contributed by atoms with E-state index in [9.17, 15) is 18.0 Å². The van der Waals surface area contributed by atoms with E-state index in [0.29, 0.717) is 17.4 Å². The van der Waals surface area contributed by atoms with Crippen molar-refractivity contribution < 1.29 is 27.9 Å². The largest absolute Gasteiger partial charge is 0.478 e. The van der Waals surface area contributed by atoms with Crippen molar-refractivity contribution in [3.05, 3.63) is 35.4 Å². The van der Waals surface area contributed by atoms with Gasteiger partial charge in [-0.05, 0) is 57.2 Å². The van der Waals surface area contributed by atoms with Crippen molar-refractivity contribution in [2.75, 3.05) is 30.3 Å². The van der Waals surface area contributed by atoms with Crippen molar-refractivity contribution >= 4 is 45.2 Å². The first-order valence-electron chi connectivity index (χ1n) is 11.0. The van der Waals surface area contributed by atoms with Gasteiger partial charge in [-0.2, -0.15) is 0 Å². The van der Waals surface area contributed by atoms with Crippen LogP contribution < -0.4 is 10.6 Å². The van der Waals surface area contributed by atoms with Crippen LogP contribution in [0.25, 0.3) is 0 Å². The molecule has 194 valence electrons. The maximum atomic E-state index is 11.5. The number of esters is 1. The summed E-state index contributed by atoms with van der Waals surface area (Å²) in [5.41, 5.74) is 0.425. The number of carboxylic acid groups (broad SMARTS) is 1. The minimum Gasteiger partial charge on any atom is -0.478 e. The molecule has 2 rings (SSSR count). The predicted octanol–water partition coefficient (Wildman–Crippen LogP) is 4.19. The van der Waals surface area contributed by atoms with Crippen LogP contribution in [0.4, 0.5) is 11.6 Å². The zero-order valence-electron chi connectivity index (χ0n) is 21.1. The maximum Gasteiger partial charge on any atom is 0.338 e. The van der Waals surface area contributed by atoms with E-state index in [0.717, 1.165) is 30.2 Å². The average molecular weight is 527 g/mol. The highest BCUT2D eigenvalue weighted by molar-refractivity contribution is 7.98. The number of hydrogen-bond donors (Lipinski definition) is 3. The normalized spacial score (nSPS) is 12.5. The molecule has 2 aromatic rings. The fourth-order valence-electron chi connectivity index (χ4n) is 2.52. The zero-order valence-corrected chi connectivity index (χ0v) is 22.7. The van der Waals surface area contributed by atoms with E-state index in [4.69, 9.17) is 9.84 Å². The number of rotatable bonds is 10. The molecule has 35 heavy (non-hydrogen) atoms. The standard InChI is InChI=1S/C12H18N2O2S.C11H16N2O4S/c1-5-8(2)13-10-6-9(12(15)16-3)7-11(14-10)17-4;1-4-7(2)12-9-5-8(11(14)15)6-10(13-9)18(3,16)17/h6-8H,5H2,1-4H3,(H,13,14);5-7H,4H2,1-3H3,(H,12,13)(H,14,15)/t8-;7-/m00/s1. The molecule has 0 amide bonds. The Kier molecular flexibility index (Phi) is 12.0. The van der Waals surface area contributed by atoms with E-state index in [1.54, 1.807) is 12.1 Å². The molecule has 2 aromatic heterocycles. The lowest BCUT2D eigenvalue weighted by Crippen LogP contribution is -2.16. The molecule has 0 bridgehead atoms. The SMILES string of the molecule is CC[C@H](C)Nc1cc(C(=O)O)cc(S(C)(=O)=O)n1.CC[C@H](C)Nc1cc(C(=O)OC)cc(SC)n1. The molecule has 0 spiro atoms. The Hall–Kier alpha value is -2.86. The van der Waals surface area contributed by atoms with E-state index >= 15 is 0 Å². The molecule has 10 nitrogen and oxygen atoms in total. The summed E-state index contributed by atoms with van der Waals surface area (Å²) in [6.07, 6.45) is 4.73. The lowest BCUT2D eigenvalue weighted by molar-refractivity contribution is 0.0599. The van der Waals surface area contributed by atoms with Gasteiger partial charge in [0.15, 0.2) is 14.9 Å². The summed E-state index contributed by atoms with van der Waals surface area (Å²) in [5, 5.41) is 15.7. The van der Waals surface area contributed by atoms with E-state index < -0.39 is 15.8 Å². The van der Waals surface area contributed by atoms with Gasteiger partial charge >= 0.3 is 11.9 Å². The molecule has 0 unspecified atom stereocenters. The highest BCUT2D eigenvalue weighted by Crippen LogP contribution is 2.19. The number of carboxylic acids is 1. The van der Waals surface area contributed by atoms with Crippen molar-refractivity contribution in [3.63, 3.8) is 0 Å². The van der Waals surface area contributed by atoms with Crippen molar-refractivity contribution in [3.8, 4) is 0 Å². The number of hydrogen-bond acceptors (Lipinski definition) is 10. The smallest absolute Gasteiger partial charge is 0.338 e. The second-order valence-electron chi connectivity index (χ2n) is 7.84. The molecule has 0 aromatic carbocycles. The summed E-state index contributed by atoms with van der Waals surface area (Å²) in [7, 11) is -2.16. The van der Waals surface area contributed by atoms with Gasteiger partial charge in [0.1, 0.15) is 11.6 Å². The van der Waals surface area contributed by atoms with Gasteiger partial charge in [-0.15, -0.1) is 11.8 Å². The van der Waals surface area contributed by atoms with Crippen molar-refractivity contribution in [2.45, 2.75) is 62.7 Å². The number of sulfone groups is 1. The first kappa shape index (κ1) is 30.2. The number of nitrogens with one attached hydrogen (secondary N) is 2. The number of methoxy groups -OCH3 is 1. The topological polar surface area (TPSA) is 148 Å². The van der Waals surface area contributed by atoms with E-state index in [1.165, 1.54) is 24.9 Å². The molecular weight excluding hydrogens is 492 g/mol. The van der Waals surface area contributed by atoms with Gasteiger partial charge in [-0.25, -0.2) is 28.0 Å². The van der Waals surface area contributed by atoms with E-state index in [2.05, 4.69) is 34.4 Å². The summed E-state index contributed by atoms with van der Waals surface area (Å²) in [6.45, 7) is 8.02. The van der Waals surface area contributed by atoms with Crippen LogP contribution in [-0.2, 0) is 14.6 Å². The van der Waals surface area contributed by atoms with Crippen LogP contribution in [0.3, 0.4) is 0 Å². The van der Waals surface area contributed by atoms with Gasteiger partial charge in [0.25, 0.3) is 0 Å². The Morgan fingerprint density at radius 1 is 1.00 bits per heavy atom. The lowest BCUT2D eigenvalue weighted by Gasteiger charge is -2.13. The lowest BCUT2D eigenvalue weighted by atomic mass is 10.2. The number of carbonyl (C=O) groups excluding carboxylic acids is 1. The van der Waals surface area contributed by atoms with Gasteiger partial charge in [-0.1, -0.05) is 13.8 Å². The first-order chi connectivity index (χ1) is 16.3. The highest BCUT2D eigenvalue weighted by Gasteiger charge is 2.16. The van der Waals surface area contributed by atoms with Gasteiger partial charge in [0, 0.05) is 18.3 Å². The maximum absolute atomic E-state index is 11.5. The molecule has 3 N–H and O–H groups in total. The molecule has 0 saturated heterocycles. The Morgan fingerprint density at radius 3 is 1.94 bits per heavy atom. The number of pyridine rings is 2. The summed E-state index contributed by atoms with van der Waals surface area (Å²) in [5.74, 6) is -0.555. The fourth-order valence-corrected chi connectivity index (χ4v) is 3.56. The highest BCUT2D eigenvalue weighted by atomic mass is 32.2. The molecule has 0 aliphatic heterocycles. The number of aromatic nitrogens is 2. The van der Waals surface area contributed by atoms with Crippen molar-refractivity contribution in [1.29, 1.82) is 0 Å². The average Bonchev–Trinajstić information content (AvgIpc) is 2.82. The second-order valence-corrected chi connectivity index (χ2v) is 10.6. The summed E-state index contributed by atoms with van der Waals surface area (Å²) >= 11 is 1.50. The van der Waals surface area contributed by atoms with Crippen molar-refractivity contribution in [1.82, 2.24) is 9.97 Å². The molecule has 2 heterocycles. The third-order valence-electron chi connectivity index (χ3n) is 4.87. The number of anilines is 2. The van der Waals surface area contributed by atoms with Crippen LogP contribution in [0, 0.1) is 0 Å². The van der Waals surface area contributed by atoms with Gasteiger partial charge in [-0.3, -0.25) is 0 Å². The third kappa shape index (κ3) is 10.1. The summed E-state index contributed by atoms with van der Waals surface area (Å²) < 4.78 is 27.6. The molecule has 0 saturated carbocycles. The van der Waals surface area contributed by atoms with Crippen LogP contribution >= 0.6 is 11.8 Å². The van der Waals surface area contributed by atoms with Crippen LogP contribution in [0.2, 0.25) is 0 Å². The molecule has 0 radical (unpaired) electrons. The number of ether oxygens (including phenoxy) is 1. The quantitative estimate of drug-likeness (QED) is 0.302. The molecular formula is C23H34N4O6S2. The molecule has 2 atom stereocenters. The Labute approximate surface area is 211 Å². The Morgan fingerprint density at radius 2 is 1.51 bits per heavy atom. The van der Waals surface area contributed by atoms with Crippen LogP contribution in [0.1, 0.15) is 61.3 Å². The number of thioether (sulfide) groups is 1. The van der Waals surface area contributed by atoms with Gasteiger partial charge in [0.2, 0.25) is 0 Å². The van der Waals surface area contributed by atoms with E-state index in [-0.39, 0.29) is 28.4 Å². The summed E-state index contributed by atoms with van der Waals surface area (Å²) in [6, 6.07) is 6.23. The third-order valence-corrected chi connectivity index (χ3v) is 6.47. The minimum absolute atomic E-state index is 0.0777. The first-order valence-corrected chi connectivity index (χ1v) is 14.1. The second kappa shape index (κ2) is 13.9. The summed E-state index contributed by atoms with van der Waals surface area (Å²) in [4.78, 5) is 30.8. The molecule has 0 aliphatic carbocycles. The molecule has 0 aliphatic rings. The molecule has 0 fully saturated rings. The number of aromatic carboxylic acids is 1. The predicted molar refractivity (Wildman–Crippen MR) is 138 cm³/mol.